The number of benzene rings is 2. The lowest BCUT2D eigenvalue weighted by Gasteiger charge is -2.40. The molecule has 0 saturated carbocycles. The first-order valence-electron chi connectivity index (χ1n) is 9.82. The van der Waals surface area contributed by atoms with Crippen LogP contribution in [0.5, 0.6) is 0 Å². The molecule has 2 aromatic carbocycles. The van der Waals surface area contributed by atoms with Crippen molar-refractivity contribution in [3.05, 3.63) is 90.3 Å². The van der Waals surface area contributed by atoms with Crippen LogP contribution in [0.1, 0.15) is 11.1 Å². The Morgan fingerprint density at radius 2 is 1.14 bits per heavy atom. The summed E-state index contributed by atoms with van der Waals surface area (Å²) < 4.78 is 9.39. The minimum absolute atomic E-state index is 0.611. The predicted molar refractivity (Wildman–Crippen MR) is 112 cm³/mol. The number of nitrogens with zero attached hydrogens (tertiary/aromatic N) is 5. The Morgan fingerprint density at radius 3 is 1.69 bits per heavy atom. The van der Waals surface area contributed by atoms with E-state index in [0.29, 0.717) is 0 Å². The topological polar surface area (TPSA) is 28.8 Å². The largest absolute Gasteiger partial charge is 0.433 e. The van der Waals surface area contributed by atoms with E-state index in [2.05, 4.69) is 110 Å². The second-order valence-electron chi connectivity index (χ2n) is 7.89. The number of hydrogen-bond donors (Lipinski definition) is 0. The summed E-state index contributed by atoms with van der Waals surface area (Å²) >= 11 is 0. The van der Waals surface area contributed by atoms with E-state index in [1.807, 2.05) is 0 Å². The van der Waals surface area contributed by atoms with Gasteiger partial charge in [0.15, 0.2) is 0 Å². The standard InChI is InChI=1S/C24H15N5/c1-4-16-10-12-26-22(16)18(6-1)14-28-20-8-3-9-21(25-20)29-15-19-7-2-5-17-11-13-27(23(17)19)24(26,28)29/h1-15H/q+2. The van der Waals surface area contributed by atoms with E-state index in [9.17, 15) is 0 Å². The maximum atomic E-state index is 4.95. The van der Waals surface area contributed by atoms with Crippen LogP contribution in [0.15, 0.2) is 79.1 Å². The maximum Gasteiger partial charge on any atom is 0.433 e. The third kappa shape index (κ3) is 1.37. The van der Waals surface area contributed by atoms with Crippen LogP contribution in [0.4, 0.5) is 11.6 Å². The second-order valence-corrected chi connectivity index (χ2v) is 7.89. The van der Waals surface area contributed by atoms with Crippen LogP contribution < -0.4 is 0 Å². The van der Waals surface area contributed by atoms with E-state index in [1.54, 1.807) is 0 Å². The Kier molecular flexibility index (Phi) is 2.11. The van der Waals surface area contributed by atoms with Gasteiger partial charge in [-0.2, -0.15) is 0 Å². The minimum atomic E-state index is -0.611. The predicted octanol–water partition coefficient (Wildman–Crippen LogP) is 3.97. The summed E-state index contributed by atoms with van der Waals surface area (Å²) in [5.74, 6) is 1.29. The Hall–Kier alpha value is -3.99. The van der Waals surface area contributed by atoms with Crippen LogP contribution in [0.2, 0.25) is 0 Å². The van der Waals surface area contributed by atoms with Crippen LogP contribution in [0, 0.1) is 0 Å². The molecule has 5 heteroatoms. The van der Waals surface area contributed by atoms with Gasteiger partial charge in [-0.1, -0.05) is 24.3 Å². The zero-order valence-electron chi connectivity index (χ0n) is 15.4. The third-order valence-electron chi connectivity index (χ3n) is 6.53. The molecule has 8 rings (SSSR count). The van der Waals surface area contributed by atoms with E-state index < -0.39 is 5.91 Å². The summed E-state index contributed by atoms with van der Waals surface area (Å²) in [6, 6.07) is 23.7. The second kappa shape index (κ2) is 4.36. The number of aromatic nitrogens is 3. The monoisotopic (exact) mass is 373 g/mol. The molecule has 3 aliphatic rings. The van der Waals surface area contributed by atoms with Gasteiger partial charge in [0.1, 0.15) is 12.4 Å². The van der Waals surface area contributed by atoms with Gasteiger partial charge in [0, 0.05) is 51.4 Å². The zero-order chi connectivity index (χ0) is 18.7. The Balaban J connectivity index is 1.67. The SMILES string of the molecule is C1=[N+]2c3cccc(n3)[N+]3=Cc4cccc5ccn(c45)C23n2ccc3cccc1c32. The van der Waals surface area contributed by atoms with Gasteiger partial charge in [0.2, 0.25) is 0 Å². The quantitative estimate of drug-likeness (QED) is 0.378. The Bertz CT molecular complexity index is 1490. The van der Waals surface area contributed by atoms with Crippen molar-refractivity contribution in [3.8, 4) is 0 Å². The van der Waals surface area contributed by atoms with Gasteiger partial charge in [-0.25, -0.2) is 9.13 Å². The van der Waals surface area contributed by atoms with E-state index >= 15 is 0 Å². The summed E-state index contributed by atoms with van der Waals surface area (Å²) in [6.07, 6.45) is 8.91. The minimum Gasteiger partial charge on any atom is -0.248 e. The molecule has 0 fully saturated rings. The highest BCUT2D eigenvalue weighted by Crippen LogP contribution is 2.45. The first kappa shape index (κ1) is 14.1. The third-order valence-corrected chi connectivity index (χ3v) is 6.53. The number of rotatable bonds is 0. The van der Waals surface area contributed by atoms with Crippen LogP contribution in [0.25, 0.3) is 21.8 Å². The molecule has 1 spiro atoms. The molecule has 0 saturated heterocycles. The maximum absolute atomic E-state index is 4.95. The van der Waals surface area contributed by atoms with Gasteiger partial charge in [-0.05, 0) is 30.3 Å². The number of fused-ring (bicyclic) bond motifs is 4. The summed E-state index contributed by atoms with van der Waals surface area (Å²) in [7, 11) is 0. The molecule has 0 radical (unpaired) electrons. The van der Waals surface area contributed by atoms with Crippen molar-refractivity contribution in [2.24, 2.45) is 0 Å². The molecule has 0 atom stereocenters. The number of pyridine rings is 1. The molecule has 0 N–H and O–H groups in total. The number of hydrogen-bond acceptors (Lipinski definition) is 1. The summed E-state index contributed by atoms with van der Waals surface area (Å²) in [4.78, 5) is 4.95. The highest BCUT2D eigenvalue weighted by molar-refractivity contribution is 6.00. The molecule has 29 heavy (non-hydrogen) atoms. The van der Waals surface area contributed by atoms with Gasteiger partial charge >= 0.3 is 17.5 Å². The van der Waals surface area contributed by atoms with E-state index in [0.717, 1.165) is 11.6 Å². The van der Waals surface area contributed by atoms with E-state index in [1.165, 1.54) is 32.9 Å². The fourth-order valence-electron chi connectivity index (χ4n) is 5.42. The van der Waals surface area contributed by atoms with Crippen LogP contribution in [-0.4, -0.2) is 35.7 Å². The molecule has 3 aliphatic heterocycles. The molecule has 3 aromatic heterocycles. The fraction of sp³-hybridized carbons (Fsp3) is 0.0417. The summed E-state index contributed by atoms with van der Waals surface area (Å²) in [5, 5.41) is 2.49. The van der Waals surface area contributed by atoms with E-state index in [-0.39, 0.29) is 0 Å². The van der Waals surface area contributed by atoms with Crippen molar-refractivity contribution in [1.29, 1.82) is 0 Å². The lowest BCUT2D eigenvalue weighted by atomic mass is 10.1. The molecule has 0 unspecified atom stereocenters. The van der Waals surface area contributed by atoms with Gasteiger partial charge in [0.05, 0.1) is 11.0 Å². The van der Waals surface area contributed by atoms with Crippen molar-refractivity contribution in [2.75, 3.05) is 0 Å². The van der Waals surface area contributed by atoms with Crippen molar-refractivity contribution in [2.45, 2.75) is 5.91 Å². The molecular weight excluding hydrogens is 358 g/mol. The van der Waals surface area contributed by atoms with Gasteiger partial charge in [0.25, 0.3) is 0 Å². The molecule has 5 aromatic rings. The first-order chi connectivity index (χ1) is 14.4. The van der Waals surface area contributed by atoms with E-state index in [4.69, 9.17) is 4.98 Å². The zero-order valence-corrected chi connectivity index (χ0v) is 15.4. The van der Waals surface area contributed by atoms with Crippen molar-refractivity contribution in [3.63, 3.8) is 0 Å². The molecule has 0 amide bonds. The van der Waals surface area contributed by atoms with Crippen LogP contribution >= 0.6 is 0 Å². The fourth-order valence-corrected chi connectivity index (χ4v) is 5.42. The lowest BCUT2D eigenvalue weighted by Crippen LogP contribution is -2.60. The molecule has 6 heterocycles. The Labute approximate surface area is 165 Å². The lowest BCUT2D eigenvalue weighted by molar-refractivity contribution is -0.817. The molecule has 0 aliphatic carbocycles. The molecule has 5 nitrogen and oxygen atoms in total. The number of para-hydroxylation sites is 2. The Morgan fingerprint density at radius 1 is 0.621 bits per heavy atom. The van der Waals surface area contributed by atoms with Gasteiger partial charge in [-0.15, -0.1) is 9.15 Å². The molecule has 2 bridgehead atoms. The highest BCUT2D eigenvalue weighted by atomic mass is 15.6. The summed E-state index contributed by atoms with van der Waals surface area (Å²) in [6.45, 7) is 0. The smallest absolute Gasteiger partial charge is 0.248 e. The average Bonchev–Trinajstić information content (AvgIpc) is 3.39. The van der Waals surface area contributed by atoms with Crippen LogP contribution in [0.3, 0.4) is 0 Å². The van der Waals surface area contributed by atoms with Crippen LogP contribution in [-0.2, 0) is 5.91 Å². The van der Waals surface area contributed by atoms with Gasteiger partial charge < -0.3 is 0 Å². The van der Waals surface area contributed by atoms with Crippen molar-refractivity contribution >= 4 is 45.9 Å². The highest BCUT2D eigenvalue weighted by Gasteiger charge is 2.59. The average molecular weight is 373 g/mol. The van der Waals surface area contributed by atoms with Gasteiger partial charge in [-0.3, -0.25) is 0 Å². The normalized spacial score (nSPS) is 17.0. The van der Waals surface area contributed by atoms with Crippen molar-refractivity contribution in [1.82, 2.24) is 14.1 Å². The first-order valence-corrected chi connectivity index (χ1v) is 9.82. The molecular formula is C24H15N5+2. The summed E-state index contributed by atoms with van der Waals surface area (Å²) in [5.41, 5.74) is 4.89. The molecule has 134 valence electrons. The van der Waals surface area contributed by atoms with Crippen molar-refractivity contribution < 1.29 is 9.15 Å².